The minimum absolute atomic E-state index is 0.313. The number of hydrogen-bond donors (Lipinski definition) is 0. The number of rotatable bonds is 8. The van der Waals surface area contributed by atoms with Crippen molar-refractivity contribution in [2.45, 2.75) is 32.1 Å². The first-order chi connectivity index (χ1) is 12.5. The molecule has 0 bridgehead atoms. The molecule has 0 aromatic heterocycles. The largest absolute Gasteiger partial charge is 0.414 e. The van der Waals surface area contributed by atoms with Crippen molar-refractivity contribution in [3.8, 4) is 5.75 Å². The highest BCUT2D eigenvalue weighted by atomic mass is 35.5. The summed E-state index contributed by atoms with van der Waals surface area (Å²) in [6.07, 6.45) is 7.77. The number of ether oxygens (including phenoxy) is 1. The molecule has 0 atom stereocenters. The van der Waals surface area contributed by atoms with Crippen LogP contribution in [0.4, 0.5) is 4.79 Å². The summed E-state index contributed by atoms with van der Waals surface area (Å²) in [5, 5.41) is 0.629. The molecule has 1 fully saturated rings. The maximum atomic E-state index is 12.2. The van der Waals surface area contributed by atoms with Gasteiger partial charge in [0.05, 0.1) is 0 Å². The smallest absolute Gasteiger partial charge is 0.410 e. The molecule has 0 spiro atoms. The van der Waals surface area contributed by atoms with E-state index in [1.807, 2.05) is 6.08 Å². The van der Waals surface area contributed by atoms with Crippen LogP contribution in [0.2, 0.25) is 5.02 Å². The predicted octanol–water partition coefficient (Wildman–Crippen LogP) is 5.08. The van der Waals surface area contributed by atoms with Crippen LogP contribution in [0.5, 0.6) is 5.75 Å². The topological polar surface area (TPSA) is 32.8 Å². The van der Waals surface area contributed by atoms with Gasteiger partial charge in [0, 0.05) is 31.7 Å². The first-order valence-electron chi connectivity index (χ1n) is 9.46. The number of halogens is 1. The Hall–Kier alpha value is -1.52. The zero-order valence-electron chi connectivity index (χ0n) is 16.0. The van der Waals surface area contributed by atoms with E-state index in [2.05, 4.69) is 18.5 Å². The van der Waals surface area contributed by atoms with Gasteiger partial charge in [-0.25, -0.2) is 4.79 Å². The Morgan fingerprint density at radius 3 is 2.42 bits per heavy atom. The third-order valence-electron chi connectivity index (χ3n) is 5.18. The van der Waals surface area contributed by atoms with Crippen molar-refractivity contribution >= 4 is 17.7 Å². The van der Waals surface area contributed by atoms with E-state index in [0.717, 1.165) is 32.0 Å². The Kier molecular flexibility index (Phi) is 8.46. The Bertz CT molecular complexity index is 568. The lowest BCUT2D eigenvalue weighted by Crippen LogP contribution is -2.33. The maximum absolute atomic E-state index is 12.2. The summed E-state index contributed by atoms with van der Waals surface area (Å²) in [5.74, 6) is 2.03. The van der Waals surface area contributed by atoms with E-state index >= 15 is 0 Å². The van der Waals surface area contributed by atoms with Crippen LogP contribution >= 0.6 is 11.6 Å². The summed E-state index contributed by atoms with van der Waals surface area (Å²) < 4.78 is 5.37. The highest BCUT2D eigenvalue weighted by Gasteiger charge is 2.23. The van der Waals surface area contributed by atoms with Crippen LogP contribution in [0.3, 0.4) is 0 Å². The van der Waals surface area contributed by atoms with Crippen LogP contribution in [0.1, 0.15) is 32.1 Å². The molecule has 0 aliphatic heterocycles. The molecule has 2 rings (SSSR count). The molecule has 5 heteroatoms. The minimum atomic E-state index is -0.313. The fourth-order valence-corrected chi connectivity index (χ4v) is 3.71. The average Bonchev–Trinajstić information content (AvgIpc) is 2.63. The van der Waals surface area contributed by atoms with Gasteiger partial charge in [-0.2, -0.15) is 0 Å². The molecule has 0 saturated heterocycles. The third kappa shape index (κ3) is 7.00. The van der Waals surface area contributed by atoms with Gasteiger partial charge in [-0.3, -0.25) is 0 Å². The van der Waals surface area contributed by atoms with Crippen molar-refractivity contribution in [2.75, 3.05) is 33.7 Å². The monoisotopic (exact) mass is 378 g/mol. The van der Waals surface area contributed by atoms with Crippen LogP contribution in [0.25, 0.3) is 0 Å². The summed E-state index contributed by atoms with van der Waals surface area (Å²) in [6, 6.07) is 6.85. The fraction of sp³-hybridized carbons (Fsp3) is 0.571. The van der Waals surface area contributed by atoms with Crippen LogP contribution < -0.4 is 4.74 Å². The molecular weight excluding hydrogens is 348 g/mol. The SMILES string of the molecule is C=CCN(C)CC1CCC(CCN(C)C(=O)Oc2ccc(Cl)cc2)CC1. The van der Waals surface area contributed by atoms with Crippen LogP contribution in [-0.4, -0.2) is 49.6 Å². The molecule has 1 aromatic rings. The molecule has 1 aliphatic carbocycles. The van der Waals surface area contributed by atoms with Gasteiger partial charge in [0.1, 0.15) is 5.75 Å². The zero-order chi connectivity index (χ0) is 18.9. The molecule has 0 unspecified atom stereocenters. The number of amides is 1. The van der Waals surface area contributed by atoms with E-state index < -0.39 is 0 Å². The standard InChI is InChI=1S/C21H31ClN2O2/c1-4-14-23(2)16-18-7-5-17(6-8-18)13-15-24(3)21(25)26-20-11-9-19(22)10-12-20/h4,9-12,17-18H,1,5-8,13-16H2,2-3H3. The van der Waals surface area contributed by atoms with Gasteiger partial charge in [-0.1, -0.05) is 30.5 Å². The maximum Gasteiger partial charge on any atom is 0.414 e. The first-order valence-corrected chi connectivity index (χ1v) is 9.83. The van der Waals surface area contributed by atoms with Crippen LogP contribution in [0.15, 0.2) is 36.9 Å². The lowest BCUT2D eigenvalue weighted by atomic mass is 9.80. The second kappa shape index (κ2) is 10.6. The molecule has 1 aliphatic rings. The van der Waals surface area contributed by atoms with Gasteiger partial charge >= 0.3 is 6.09 Å². The van der Waals surface area contributed by atoms with E-state index in [1.54, 1.807) is 36.2 Å². The van der Waals surface area contributed by atoms with Gasteiger partial charge in [0.2, 0.25) is 0 Å². The average molecular weight is 379 g/mol. The number of nitrogens with zero attached hydrogens (tertiary/aromatic N) is 2. The zero-order valence-corrected chi connectivity index (χ0v) is 16.8. The van der Waals surface area contributed by atoms with E-state index in [9.17, 15) is 4.79 Å². The molecule has 4 nitrogen and oxygen atoms in total. The van der Waals surface area contributed by atoms with Crippen molar-refractivity contribution in [3.05, 3.63) is 41.9 Å². The van der Waals surface area contributed by atoms with Gasteiger partial charge in [0.15, 0.2) is 0 Å². The molecule has 1 saturated carbocycles. The molecule has 0 N–H and O–H groups in total. The van der Waals surface area contributed by atoms with Crippen molar-refractivity contribution in [1.82, 2.24) is 9.80 Å². The van der Waals surface area contributed by atoms with Gasteiger partial charge < -0.3 is 14.5 Å². The summed E-state index contributed by atoms with van der Waals surface area (Å²) in [4.78, 5) is 16.2. The Labute approximate surface area is 162 Å². The lowest BCUT2D eigenvalue weighted by molar-refractivity contribution is 0.154. The van der Waals surface area contributed by atoms with Crippen molar-refractivity contribution in [2.24, 2.45) is 11.8 Å². The number of carbonyl (C=O) groups is 1. The Morgan fingerprint density at radius 1 is 1.19 bits per heavy atom. The first kappa shape index (κ1) is 20.8. The van der Waals surface area contributed by atoms with Crippen molar-refractivity contribution < 1.29 is 9.53 Å². The molecule has 0 heterocycles. The second-order valence-corrected chi connectivity index (χ2v) is 7.87. The molecular formula is C21H31ClN2O2. The third-order valence-corrected chi connectivity index (χ3v) is 5.43. The summed E-state index contributed by atoms with van der Waals surface area (Å²) in [6.45, 7) is 6.65. The normalized spacial score (nSPS) is 20.0. The van der Waals surface area contributed by atoms with Gasteiger partial charge in [0.25, 0.3) is 0 Å². The number of benzene rings is 1. The summed E-state index contributed by atoms with van der Waals surface area (Å²) in [7, 11) is 3.96. The number of likely N-dealkylation sites (N-methyl/N-ethyl adjacent to an activating group) is 1. The lowest BCUT2D eigenvalue weighted by Gasteiger charge is -2.31. The summed E-state index contributed by atoms with van der Waals surface area (Å²) in [5.41, 5.74) is 0. The molecule has 1 aromatic carbocycles. The van der Waals surface area contributed by atoms with E-state index in [-0.39, 0.29) is 6.09 Å². The summed E-state index contributed by atoms with van der Waals surface area (Å²) >= 11 is 5.84. The Morgan fingerprint density at radius 2 is 1.81 bits per heavy atom. The predicted molar refractivity (Wildman–Crippen MR) is 108 cm³/mol. The highest BCUT2D eigenvalue weighted by Crippen LogP contribution is 2.31. The van der Waals surface area contributed by atoms with Crippen molar-refractivity contribution in [3.63, 3.8) is 0 Å². The van der Waals surface area contributed by atoms with E-state index in [1.165, 1.54) is 25.7 Å². The molecule has 144 valence electrons. The second-order valence-electron chi connectivity index (χ2n) is 7.43. The van der Waals surface area contributed by atoms with Crippen LogP contribution in [0, 0.1) is 11.8 Å². The van der Waals surface area contributed by atoms with Crippen LogP contribution in [-0.2, 0) is 0 Å². The molecule has 0 radical (unpaired) electrons. The highest BCUT2D eigenvalue weighted by molar-refractivity contribution is 6.30. The van der Waals surface area contributed by atoms with Gasteiger partial charge in [-0.05, 0) is 62.4 Å². The fourth-order valence-electron chi connectivity index (χ4n) is 3.59. The van der Waals surface area contributed by atoms with E-state index in [0.29, 0.717) is 16.7 Å². The molecule has 1 amide bonds. The number of carbonyl (C=O) groups excluding carboxylic acids is 1. The van der Waals surface area contributed by atoms with E-state index in [4.69, 9.17) is 16.3 Å². The minimum Gasteiger partial charge on any atom is -0.410 e. The Balaban J connectivity index is 1.66. The number of hydrogen-bond acceptors (Lipinski definition) is 3. The van der Waals surface area contributed by atoms with Crippen molar-refractivity contribution in [1.29, 1.82) is 0 Å². The molecule has 26 heavy (non-hydrogen) atoms. The quantitative estimate of drug-likeness (QED) is 0.591. The van der Waals surface area contributed by atoms with Gasteiger partial charge in [-0.15, -0.1) is 6.58 Å².